The highest BCUT2D eigenvalue weighted by molar-refractivity contribution is 7.09. The van der Waals surface area contributed by atoms with E-state index in [2.05, 4.69) is 43.2 Å². The molecular formula is C18H23N3OS. The van der Waals surface area contributed by atoms with Crippen LogP contribution in [0.4, 0.5) is 0 Å². The summed E-state index contributed by atoms with van der Waals surface area (Å²) in [5, 5.41) is 3.22. The van der Waals surface area contributed by atoms with Crippen molar-refractivity contribution >= 4 is 17.2 Å². The van der Waals surface area contributed by atoms with Gasteiger partial charge >= 0.3 is 0 Å². The van der Waals surface area contributed by atoms with E-state index < -0.39 is 0 Å². The maximum Gasteiger partial charge on any atom is 0.235 e. The topological polar surface area (TPSA) is 59.2 Å². The zero-order valence-electron chi connectivity index (χ0n) is 13.9. The van der Waals surface area contributed by atoms with Crippen molar-refractivity contribution in [1.82, 2.24) is 9.88 Å². The van der Waals surface area contributed by atoms with E-state index in [1.807, 2.05) is 12.1 Å². The Bertz CT molecular complexity index is 717. The molecule has 0 radical (unpaired) electrons. The summed E-state index contributed by atoms with van der Waals surface area (Å²) in [6.45, 7) is 7.90. The second-order valence-electron chi connectivity index (χ2n) is 7.19. The van der Waals surface area contributed by atoms with Crippen molar-refractivity contribution in [3.8, 4) is 0 Å². The molecule has 0 spiro atoms. The molecule has 2 heterocycles. The molecule has 5 heteroatoms. The van der Waals surface area contributed by atoms with E-state index in [9.17, 15) is 4.79 Å². The highest BCUT2D eigenvalue weighted by Crippen LogP contribution is 2.28. The van der Waals surface area contributed by atoms with Crippen LogP contribution in [0.15, 0.2) is 29.6 Å². The van der Waals surface area contributed by atoms with Gasteiger partial charge in [-0.15, -0.1) is 11.3 Å². The Balaban J connectivity index is 1.83. The number of thiazole rings is 1. The molecule has 0 fully saturated rings. The van der Waals surface area contributed by atoms with Crippen LogP contribution in [0.3, 0.4) is 0 Å². The smallest absolute Gasteiger partial charge is 0.235 e. The molecule has 2 aromatic rings. The number of carbonyl (C=O) groups excluding carboxylic acids is 1. The Morgan fingerprint density at radius 3 is 2.65 bits per heavy atom. The molecule has 1 atom stereocenters. The first kappa shape index (κ1) is 16.1. The van der Waals surface area contributed by atoms with Crippen LogP contribution in [0, 0.1) is 0 Å². The van der Waals surface area contributed by atoms with Crippen LogP contribution in [0.2, 0.25) is 0 Å². The summed E-state index contributed by atoms with van der Waals surface area (Å²) in [4.78, 5) is 18.8. The Morgan fingerprint density at radius 2 is 2.04 bits per heavy atom. The fourth-order valence-corrected chi connectivity index (χ4v) is 3.85. The molecule has 122 valence electrons. The number of primary amides is 1. The van der Waals surface area contributed by atoms with Crippen LogP contribution in [0.5, 0.6) is 0 Å². The minimum atomic E-state index is -0.260. The molecule has 1 aromatic heterocycles. The number of benzene rings is 1. The van der Waals surface area contributed by atoms with Crippen molar-refractivity contribution in [1.29, 1.82) is 0 Å². The molecular weight excluding hydrogens is 306 g/mol. The predicted octanol–water partition coefficient (Wildman–Crippen LogP) is 2.85. The van der Waals surface area contributed by atoms with Crippen LogP contribution in [-0.4, -0.2) is 21.8 Å². The van der Waals surface area contributed by atoms with Crippen molar-refractivity contribution in [3.63, 3.8) is 0 Å². The third kappa shape index (κ3) is 3.46. The minimum absolute atomic E-state index is 0.0561. The molecule has 3 rings (SSSR count). The average Bonchev–Trinajstić information content (AvgIpc) is 2.95. The van der Waals surface area contributed by atoms with Crippen molar-refractivity contribution in [3.05, 3.63) is 51.5 Å². The molecule has 0 saturated heterocycles. The maximum atomic E-state index is 11.9. The van der Waals surface area contributed by atoms with E-state index in [0.717, 1.165) is 17.2 Å². The SMILES string of the molecule is CC(C)(C)c1nc(CN2Cc3ccccc3C[C@H]2C(N)=O)cs1. The van der Waals surface area contributed by atoms with Gasteiger partial charge in [-0.3, -0.25) is 9.69 Å². The highest BCUT2D eigenvalue weighted by atomic mass is 32.1. The molecule has 1 aliphatic heterocycles. The summed E-state index contributed by atoms with van der Waals surface area (Å²) in [5.74, 6) is -0.259. The lowest BCUT2D eigenvalue weighted by Crippen LogP contribution is -2.48. The molecule has 0 bridgehead atoms. The van der Waals surface area contributed by atoms with Crippen molar-refractivity contribution in [2.45, 2.75) is 51.7 Å². The van der Waals surface area contributed by atoms with Crippen LogP contribution in [0.25, 0.3) is 0 Å². The summed E-state index contributed by atoms with van der Waals surface area (Å²) >= 11 is 1.69. The summed E-state index contributed by atoms with van der Waals surface area (Å²) < 4.78 is 0. The number of rotatable bonds is 3. The zero-order chi connectivity index (χ0) is 16.6. The third-order valence-electron chi connectivity index (χ3n) is 4.23. The predicted molar refractivity (Wildman–Crippen MR) is 93.2 cm³/mol. The molecule has 4 nitrogen and oxygen atoms in total. The number of amides is 1. The number of carbonyl (C=O) groups is 1. The summed E-state index contributed by atoms with van der Waals surface area (Å²) in [7, 11) is 0. The molecule has 0 aliphatic carbocycles. The van der Waals surface area contributed by atoms with Crippen molar-refractivity contribution < 1.29 is 4.79 Å². The van der Waals surface area contributed by atoms with Gasteiger partial charge in [0, 0.05) is 23.9 Å². The highest BCUT2D eigenvalue weighted by Gasteiger charge is 2.30. The van der Waals surface area contributed by atoms with Gasteiger partial charge in [-0.25, -0.2) is 4.98 Å². The number of hydrogen-bond acceptors (Lipinski definition) is 4. The number of nitrogens with two attached hydrogens (primary N) is 1. The van der Waals surface area contributed by atoms with Crippen molar-refractivity contribution in [2.24, 2.45) is 5.73 Å². The fraction of sp³-hybridized carbons (Fsp3) is 0.444. The monoisotopic (exact) mass is 329 g/mol. The lowest BCUT2D eigenvalue weighted by Gasteiger charge is -2.34. The van der Waals surface area contributed by atoms with Gasteiger partial charge in [0.1, 0.15) is 0 Å². The number of aromatic nitrogens is 1. The van der Waals surface area contributed by atoms with E-state index in [0.29, 0.717) is 13.0 Å². The normalized spacial score (nSPS) is 18.7. The molecule has 0 unspecified atom stereocenters. The largest absolute Gasteiger partial charge is 0.368 e. The quantitative estimate of drug-likeness (QED) is 0.942. The number of fused-ring (bicyclic) bond motifs is 1. The second-order valence-corrected chi connectivity index (χ2v) is 8.05. The molecule has 0 saturated carbocycles. The van der Waals surface area contributed by atoms with Crippen LogP contribution < -0.4 is 5.73 Å². The van der Waals surface area contributed by atoms with Crippen molar-refractivity contribution in [2.75, 3.05) is 0 Å². The van der Waals surface area contributed by atoms with Crippen LogP contribution in [-0.2, 0) is 29.7 Å². The van der Waals surface area contributed by atoms with Gasteiger partial charge < -0.3 is 5.73 Å². The molecule has 1 amide bonds. The van der Waals surface area contributed by atoms with Gasteiger partial charge in [-0.1, -0.05) is 45.0 Å². The maximum absolute atomic E-state index is 11.9. The van der Waals surface area contributed by atoms with Gasteiger partial charge in [-0.05, 0) is 17.5 Å². The van der Waals surface area contributed by atoms with Crippen LogP contribution in [0.1, 0.15) is 42.6 Å². The summed E-state index contributed by atoms with van der Waals surface area (Å²) in [5.41, 5.74) is 9.22. The lowest BCUT2D eigenvalue weighted by molar-refractivity contribution is -0.124. The first-order valence-electron chi connectivity index (χ1n) is 7.89. The van der Waals surface area contributed by atoms with E-state index in [4.69, 9.17) is 10.7 Å². The Kier molecular flexibility index (Phi) is 4.25. The lowest BCUT2D eigenvalue weighted by atomic mass is 9.93. The molecule has 1 aromatic carbocycles. The fourth-order valence-electron chi connectivity index (χ4n) is 2.96. The van der Waals surface area contributed by atoms with E-state index in [-0.39, 0.29) is 17.4 Å². The molecule has 2 N–H and O–H groups in total. The second kappa shape index (κ2) is 6.06. The van der Waals surface area contributed by atoms with E-state index >= 15 is 0 Å². The Labute approximate surface area is 141 Å². The Hall–Kier alpha value is -1.72. The summed E-state index contributed by atoms with van der Waals surface area (Å²) in [6.07, 6.45) is 0.682. The van der Waals surface area contributed by atoms with Crippen LogP contribution >= 0.6 is 11.3 Å². The average molecular weight is 329 g/mol. The first-order chi connectivity index (χ1) is 10.8. The molecule has 1 aliphatic rings. The van der Waals surface area contributed by atoms with Gasteiger partial charge in [0.25, 0.3) is 0 Å². The number of nitrogens with zero attached hydrogens (tertiary/aromatic N) is 2. The standard InChI is InChI=1S/C18H23N3OS/c1-18(2,3)17-20-14(11-23-17)10-21-9-13-7-5-4-6-12(13)8-15(21)16(19)22/h4-7,11,15H,8-10H2,1-3H3,(H2,19,22)/t15-/m0/s1. The van der Waals surface area contributed by atoms with E-state index in [1.165, 1.54) is 11.1 Å². The van der Waals surface area contributed by atoms with Gasteiger partial charge in [-0.2, -0.15) is 0 Å². The van der Waals surface area contributed by atoms with Gasteiger partial charge in [0.15, 0.2) is 0 Å². The third-order valence-corrected chi connectivity index (χ3v) is 5.55. The Morgan fingerprint density at radius 1 is 1.35 bits per heavy atom. The summed E-state index contributed by atoms with van der Waals surface area (Å²) in [6, 6.07) is 8.01. The van der Waals surface area contributed by atoms with E-state index in [1.54, 1.807) is 11.3 Å². The van der Waals surface area contributed by atoms with Gasteiger partial charge in [0.2, 0.25) is 5.91 Å². The first-order valence-corrected chi connectivity index (χ1v) is 8.77. The zero-order valence-corrected chi connectivity index (χ0v) is 14.7. The molecule has 23 heavy (non-hydrogen) atoms. The number of hydrogen-bond donors (Lipinski definition) is 1. The van der Waals surface area contributed by atoms with Gasteiger partial charge in [0.05, 0.1) is 16.7 Å². The minimum Gasteiger partial charge on any atom is -0.368 e.